The Morgan fingerprint density at radius 2 is 2.00 bits per heavy atom. The van der Waals surface area contributed by atoms with E-state index in [1.807, 2.05) is 25.1 Å². The average molecular weight is 348 g/mol. The summed E-state index contributed by atoms with van der Waals surface area (Å²) in [6.45, 7) is 5.89. The molecular formula is C18H24N2O5. The van der Waals surface area contributed by atoms with Gasteiger partial charge in [0.05, 0.1) is 5.69 Å². The molecule has 7 heteroatoms. The minimum atomic E-state index is -0.986. The normalized spacial score (nSPS) is 15.3. The van der Waals surface area contributed by atoms with Crippen molar-refractivity contribution in [2.45, 2.75) is 45.6 Å². The summed E-state index contributed by atoms with van der Waals surface area (Å²) in [5.74, 6) is -0.666. The van der Waals surface area contributed by atoms with Crippen molar-refractivity contribution in [1.82, 2.24) is 5.32 Å². The van der Waals surface area contributed by atoms with Gasteiger partial charge in [0, 0.05) is 25.9 Å². The van der Waals surface area contributed by atoms with E-state index in [1.54, 1.807) is 18.7 Å². The molecule has 0 aromatic heterocycles. The van der Waals surface area contributed by atoms with Crippen molar-refractivity contribution < 1.29 is 24.2 Å². The van der Waals surface area contributed by atoms with Gasteiger partial charge in [0.15, 0.2) is 5.60 Å². The Kier molecular flexibility index (Phi) is 5.66. The van der Waals surface area contributed by atoms with Gasteiger partial charge in [0.25, 0.3) is 5.91 Å². The van der Waals surface area contributed by atoms with Gasteiger partial charge in [0.2, 0.25) is 5.91 Å². The Balaban J connectivity index is 2.00. The van der Waals surface area contributed by atoms with E-state index in [9.17, 15) is 14.4 Å². The first-order valence-corrected chi connectivity index (χ1v) is 8.31. The lowest BCUT2D eigenvalue weighted by molar-refractivity contribution is -0.137. The van der Waals surface area contributed by atoms with Crippen LogP contribution in [0, 0.1) is 6.92 Å². The van der Waals surface area contributed by atoms with Crippen molar-refractivity contribution in [1.29, 1.82) is 0 Å². The highest BCUT2D eigenvalue weighted by Crippen LogP contribution is 2.38. The second-order valence-electron chi connectivity index (χ2n) is 6.64. The molecule has 1 aromatic carbocycles. The number of aliphatic carboxylic acids is 1. The zero-order chi connectivity index (χ0) is 18.6. The van der Waals surface area contributed by atoms with Gasteiger partial charge in [-0.05, 0) is 44.9 Å². The second kappa shape index (κ2) is 7.55. The lowest BCUT2D eigenvalue weighted by Gasteiger charge is -2.38. The fourth-order valence-electron chi connectivity index (χ4n) is 2.67. The van der Waals surface area contributed by atoms with E-state index < -0.39 is 11.6 Å². The molecule has 1 heterocycles. The third-order valence-electron chi connectivity index (χ3n) is 3.98. The number of carboxylic acid groups (broad SMARTS) is 1. The first-order chi connectivity index (χ1) is 11.7. The smallest absolute Gasteiger partial charge is 0.303 e. The number of nitrogens with one attached hydrogen (secondary N) is 1. The quantitative estimate of drug-likeness (QED) is 0.734. The molecule has 7 nitrogen and oxygen atoms in total. The van der Waals surface area contributed by atoms with E-state index in [4.69, 9.17) is 9.84 Å². The van der Waals surface area contributed by atoms with Crippen LogP contribution in [0.15, 0.2) is 18.2 Å². The molecule has 0 fully saturated rings. The monoisotopic (exact) mass is 348 g/mol. The third-order valence-corrected chi connectivity index (χ3v) is 3.98. The van der Waals surface area contributed by atoms with Gasteiger partial charge in [-0.25, -0.2) is 0 Å². The van der Waals surface area contributed by atoms with E-state index in [-0.39, 0.29) is 31.2 Å². The number of aryl methyl sites for hydroxylation is 1. The Morgan fingerprint density at radius 3 is 2.68 bits per heavy atom. The molecule has 0 saturated heterocycles. The van der Waals surface area contributed by atoms with Gasteiger partial charge in [-0.2, -0.15) is 0 Å². The summed E-state index contributed by atoms with van der Waals surface area (Å²) in [5, 5.41) is 11.3. The number of carbonyl (C=O) groups excluding carboxylic acids is 2. The summed E-state index contributed by atoms with van der Waals surface area (Å²) < 4.78 is 5.78. The first-order valence-electron chi connectivity index (χ1n) is 8.31. The van der Waals surface area contributed by atoms with Crippen LogP contribution in [-0.4, -0.2) is 41.6 Å². The van der Waals surface area contributed by atoms with E-state index >= 15 is 0 Å². The minimum Gasteiger partial charge on any atom is -0.481 e. The molecule has 0 saturated carbocycles. The number of carbonyl (C=O) groups is 3. The highest BCUT2D eigenvalue weighted by Gasteiger charge is 2.40. The van der Waals surface area contributed by atoms with Gasteiger partial charge in [-0.15, -0.1) is 0 Å². The Bertz CT molecular complexity index is 684. The number of nitrogens with zero attached hydrogens (tertiary/aromatic N) is 1. The molecule has 1 aromatic rings. The SMILES string of the molecule is Cc1ccc2c(c1)N(CCC(=O)NCCCC(=O)O)C(=O)C(C)(C)O2. The van der Waals surface area contributed by atoms with Crippen LogP contribution in [0.1, 0.15) is 38.7 Å². The molecule has 1 aliphatic heterocycles. The van der Waals surface area contributed by atoms with Gasteiger partial charge in [-0.1, -0.05) is 6.07 Å². The first kappa shape index (κ1) is 18.8. The van der Waals surface area contributed by atoms with Crippen molar-refractivity contribution >= 4 is 23.5 Å². The summed E-state index contributed by atoms with van der Waals surface area (Å²) in [6.07, 6.45) is 0.540. The highest BCUT2D eigenvalue weighted by atomic mass is 16.5. The second-order valence-corrected chi connectivity index (χ2v) is 6.64. The minimum absolute atomic E-state index is 0.0169. The number of carboxylic acids is 1. The standard InChI is InChI=1S/C18H24N2O5/c1-12-6-7-14-13(11-12)20(17(24)18(2,3)25-14)10-8-15(21)19-9-4-5-16(22)23/h6-7,11H,4-5,8-10H2,1-3H3,(H,19,21)(H,22,23). The van der Waals surface area contributed by atoms with Crippen molar-refractivity contribution in [2.24, 2.45) is 0 Å². The molecule has 0 bridgehead atoms. The zero-order valence-electron chi connectivity index (χ0n) is 14.8. The van der Waals surface area contributed by atoms with Crippen molar-refractivity contribution in [3.05, 3.63) is 23.8 Å². The highest BCUT2D eigenvalue weighted by molar-refractivity contribution is 6.02. The number of fused-ring (bicyclic) bond motifs is 1. The fourth-order valence-corrected chi connectivity index (χ4v) is 2.67. The molecule has 0 spiro atoms. The Morgan fingerprint density at radius 1 is 1.28 bits per heavy atom. The molecule has 0 radical (unpaired) electrons. The number of benzene rings is 1. The molecule has 0 aliphatic carbocycles. The molecule has 2 rings (SSSR count). The molecule has 2 N–H and O–H groups in total. The molecule has 2 amide bonds. The summed E-state index contributed by atoms with van der Waals surface area (Å²) >= 11 is 0. The molecular weight excluding hydrogens is 324 g/mol. The van der Waals surface area contributed by atoms with Gasteiger partial charge in [0.1, 0.15) is 5.75 Å². The van der Waals surface area contributed by atoms with Gasteiger partial charge >= 0.3 is 5.97 Å². The van der Waals surface area contributed by atoms with E-state index in [0.717, 1.165) is 5.56 Å². The Labute approximate surface area is 147 Å². The van der Waals surface area contributed by atoms with E-state index in [2.05, 4.69) is 5.32 Å². The van der Waals surface area contributed by atoms with Gasteiger partial charge < -0.3 is 20.1 Å². The molecule has 136 valence electrons. The molecule has 0 unspecified atom stereocenters. The van der Waals surface area contributed by atoms with Crippen molar-refractivity contribution in [3.63, 3.8) is 0 Å². The number of amides is 2. The molecule has 25 heavy (non-hydrogen) atoms. The van der Waals surface area contributed by atoms with Crippen LogP contribution in [0.4, 0.5) is 5.69 Å². The third kappa shape index (κ3) is 4.71. The van der Waals surface area contributed by atoms with E-state index in [0.29, 0.717) is 24.4 Å². The maximum atomic E-state index is 12.7. The maximum Gasteiger partial charge on any atom is 0.303 e. The predicted octanol–water partition coefficient (Wildman–Crippen LogP) is 1.87. The van der Waals surface area contributed by atoms with Crippen molar-refractivity contribution in [2.75, 3.05) is 18.0 Å². The average Bonchev–Trinajstić information content (AvgIpc) is 2.52. The zero-order valence-corrected chi connectivity index (χ0v) is 14.8. The lowest BCUT2D eigenvalue weighted by Crippen LogP contribution is -2.53. The van der Waals surface area contributed by atoms with Crippen LogP contribution in [-0.2, 0) is 14.4 Å². The van der Waals surface area contributed by atoms with Crippen LogP contribution < -0.4 is 15.0 Å². The summed E-state index contributed by atoms with van der Waals surface area (Å²) in [5.41, 5.74) is 0.682. The van der Waals surface area contributed by atoms with Crippen LogP contribution in [0.25, 0.3) is 0 Å². The number of anilines is 1. The molecule has 1 aliphatic rings. The number of rotatable bonds is 7. The fraction of sp³-hybridized carbons (Fsp3) is 0.500. The van der Waals surface area contributed by atoms with Gasteiger partial charge in [-0.3, -0.25) is 14.4 Å². The van der Waals surface area contributed by atoms with Crippen LogP contribution in [0.3, 0.4) is 0 Å². The van der Waals surface area contributed by atoms with Crippen LogP contribution in [0.2, 0.25) is 0 Å². The number of hydrogen-bond donors (Lipinski definition) is 2. The van der Waals surface area contributed by atoms with Crippen molar-refractivity contribution in [3.8, 4) is 5.75 Å². The molecule has 0 atom stereocenters. The summed E-state index contributed by atoms with van der Waals surface area (Å²) in [4.78, 5) is 36.7. The van der Waals surface area contributed by atoms with Crippen LogP contribution >= 0.6 is 0 Å². The largest absolute Gasteiger partial charge is 0.481 e. The maximum absolute atomic E-state index is 12.7. The lowest BCUT2D eigenvalue weighted by atomic mass is 10.0. The Hall–Kier alpha value is -2.57. The summed E-state index contributed by atoms with van der Waals surface area (Å²) in [6, 6.07) is 5.61. The van der Waals surface area contributed by atoms with Crippen LogP contribution in [0.5, 0.6) is 5.75 Å². The van der Waals surface area contributed by atoms with E-state index in [1.165, 1.54) is 0 Å². The topological polar surface area (TPSA) is 95.9 Å². The number of ether oxygens (including phenoxy) is 1. The number of hydrogen-bond acceptors (Lipinski definition) is 4. The predicted molar refractivity (Wildman–Crippen MR) is 92.7 cm³/mol. The summed E-state index contributed by atoms with van der Waals surface area (Å²) in [7, 11) is 0.